The van der Waals surface area contributed by atoms with E-state index in [2.05, 4.69) is 0 Å². The van der Waals surface area contributed by atoms with Gasteiger partial charge in [0.25, 0.3) is 0 Å². The Kier molecular flexibility index (Phi) is 5.64. The molecule has 0 aliphatic rings. The monoisotopic (exact) mass is 227 g/mol. The molecule has 0 aliphatic carbocycles. The number of ether oxygens (including phenoxy) is 2. The fourth-order valence-electron chi connectivity index (χ4n) is 1.38. The molecule has 0 unspecified atom stereocenters. The first-order chi connectivity index (χ1) is 7.83. The van der Waals surface area contributed by atoms with Crippen molar-refractivity contribution >= 4 is 0 Å². The van der Waals surface area contributed by atoms with E-state index in [1.54, 1.807) is 0 Å². The van der Waals surface area contributed by atoms with Gasteiger partial charge in [-0.25, -0.2) is 0 Å². The van der Waals surface area contributed by atoms with Crippen LogP contribution >= 0.6 is 0 Å². The van der Waals surface area contributed by atoms with Crippen molar-refractivity contribution < 1.29 is 13.9 Å². The van der Waals surface area contributed by atoms with Gasteiger partial charge in [0.15, 0.2) is 11.5 Å². The lowest BCUT2D eigenvalue weighted by Crippen LogP contribution is -2.06. The van der Waals surface area contributed by atoms with Crippen molar-refractivity contribution in [3.63, 3.8) is 0 Å². The van der Waals surface area contributed by atoms with Crippen molar-refractivity contribution in [1.82, 2.24) is 0 Å². The van der Waals surface area contributed by atoms with Crippen molar-refractivity contribution in [3.05, 3.63) is 23.8 Å². The number of alkyl halides is 1. The Morgan fingerprint density at radius 2 is 2.12 bits per heavy atom. The van der Waals surface area contributed by atoms with Gasteiger partial charge >= 0.3 is 0 Å². The Morgan fingerprint density at radius 3 is 2.75 bits per heavy atom. The third kappa shape index (κ3) is 3.38. The normalized spacial score (nSPS) is 10.2. The molecule has 0 heterocycles. The van der Waals surface area contributed by atoms with Crippen molar-refractivity contribution in [2.75, 3.05) is 19.9 Å². The minimum Gasteiger partial charge on any atom is -0.490 e. The Morgan fingerprint density at radius 1 is 1.31 bits per heavy atom. The first-order valence-corrected chi connectivity index (χ1v) is 5.47. The van der Waals surface area contributed by atoms with Gasteiger partial charge in [-0.15, -0.1) is 0 Å². The SMILES string of the molecule is CCOc1cccc(CN)c1OCCCF. The first kappa shape index (κ1) is 12.8. The highest BCUT2D eigenvalue weighted by molar-refractivity contribution is 5.46. The lowest BCUT2D eigenvalue weighted by atomic mass is 10.2. The summed E-state index contributed by atoms with van der Waals surface area (Å²) in [5.41, 5.74) is 6.49. The van der Waals surface area contributed by atoms with Crippen LogP contribution in [0.2, 0.25) is 0 Å². The second kappa shape index (κ2) is 7.06. The number of hydrogen-bond acceptors (Lipinski definition) is 3. The summed E-state index contributed by atoms with van der Waals surface area (Å²) in [6, 6.07) is 5.58. The Hall–Kier alpha value is -1.29. The van der Waals surface area contributed by atoms with E-state index in [1.807, 2.05) is 25.1 Å². The zero-order valence-electron chi connectivity index (χ0n) is 9.54. The third-order valence-electron chi connectivity index (χ3n) is 2.10. The van der Waals surface area contributed by atoms with E-state index in [1.165, 1.54) is 0 Å². The van der Waals surface area contributed by atoms with Crippen molar-refractivity contribution in [2.24, 2.45) is 5.73 Å². The minimum absolute atomic E-state index is 0.341. The first-order valence-electron chi connectivity index (χ1n) is 5.47. The summed E-state index contributed by atoms with van der Waals surface area (Å²) < 4.78 is 22.9. The van der Waals surface area contributed by atoms with E-state index in [-0.39, 0.29) is 6.67 Å². The topological polar surface area (TPSA) is 44.5 Å². The van der Waals surface area contributed by atoms with Gasteiger partial charge in [-0.1, -0.05) is 12.1 Å². The van der Waals surface area contributed by atoms with Crippen LogP contribution < -0.4 is 15.2 Å². The van der Waals surface area contributed by atoms with Crippen LogP contribution in [0.25, 0.3) is 0 Å². The molecule has 0 saturated carbocycles. The number of rotatable bonds is 7. The summed E-state index contributed by atoms with van der Waals surface area (Å²) in [5, 5.41) is 0. The molecule has 4 heteroatoms. The van der Waals surface area contributed by atoms with Gasteiger partial charge < -0.3 is 15.2 Å². The van der Waals surface area contributed by atoms with Gasteiger partial charge in [-0.05, 0) is 13.0 Å². The lowest BCUT2D eigenvalue weighted by Gasteiger charge is -2.14. The summed E-state index contributed by atoms with van der Waals surface area (Å²) in [6.45, 7) is 2.81. The van der Waals surface area contributed by atoms with Gasteiger partial charge in [-0.2, -0.15) is 0 Å². The van der Waals surface area contributed by atoms with E-state index < -0.39 is 0 Å². The molecule has 0 fully saturated rings. The molecule has 1 aromatic carbocycles. The summed E-state index contributed by atoms with van der Waals surface area (Å²) in [6.07, 6.45) is 0.379. The molecule has 3 nitrogen and oxygen atoms in total. The second-order valence-corrected chi connectivity index (χ2v) is 3.27. The number of benzene rings is 1. The van der Waals surface area contributed by atoms with Crippen LogP contribution in [0.4, 0.5) is 4.39 Å². The van der Waals surface area contributed by atoms with Gasteiger partial charge in [0, 0.05) is 18.5 Å². The van der Waals surface area contributed by atoms with Crippen LogP contribution in [0, 0.1) is 0 Å². The Bertz CT molecular complexity index is 318. The highest BCUT2D eigenvalue weighted by Gasteiger charge is 2.09. The predicted molar refractivity (Wildman–Crippen MR) is 61.6 cm³/mol. The smallest absolute Gasteiger partial charge is 0.165 e. The second-order valence-electron chi connectivity index (χ2n) is 3.27. The zero-order valence-corrected chi connectivity index (χ0v) is 9.54. The van der Waals surface area contributed by atoms with Crippen LogP contribution in [0.3, 0.4) is 0 Å². The quantitative estimate of drug-likeness (QED) is 0.727. The summed E-state index contributed by atoms with van der Waals surface area (Å²) in [5.74, 6) is 1.31. The molecule has 0 aliphatic heterocycles. The van der Waals surface area contributed by atoms with Crippen LogP contribution in [-0.2, 0) is 6.54 Å². The maximum absolute atomic E-state index is 12.0. The molecule has 0 bridgehead atoms. The van der Waals surface area contributed by atoms with E-state index >= 15 is 0 Å². The maximum Gasteiger partial charge on any atom is 0.165 e. The average Bonchev–Trinajstić information content (AvgIpc) is 2.31. The van der Waals surface area contributed by atoms with Crippen LogP contribution in [0.5, 0.6) is 11.5 Å². The molecule has 0 aromatic heterocycles. The van der Waals surface area contributed by atoms with Crippen molar-refractivity contribution in [1.29, 1.82) is 0 Å². The molecule has 90 valence electrons. The van der Waals surface area contributed by atoms with Gasteiger partial charge in [0.2, 0.25) is 0 Å². The van der Waals surface area contributed by atoms with E-state index in [9.17, 15) is 4.39 Å². The van der Waals surface area contributed by atoms with Crippen LogP contribution in [-0.4, -0.2) is 19.9 Å². The number of nitrogens with two attached hydrogens (primary N) is 1. The van der Waals surface area contributed by atoms with Crippen LogP contribution in [0.15, 0.2) is 18.2 Å². The molecule has 0 radical (unpaired) electrons. The summed E-state index contributed by atoms with van der Waals surface area (Å²) in [4.78, 5) is 0. The predicted octanol–water partition coefficient (Wildman–Crippen LogP) is 2.28. The number of halogens is 1. The molecule has 16 heavy (non-hydrogen) atoms. The molecule has 1 rings (SSSR count). The van der Waals surface area contributed by atoms with E-state index in [4.69, 9.17) is 15.2 Å². The van der Waals surface area contributed by atoms with Gasteiger partial charge in [-0.3, -0.25) is 4.39 Å². The average molecular weight is 227 g/mol. The highest BCUT2D eigenvalue weighted by Crippen LogP contribution is 2.31. The highest BCUT2D eigenvalue weighted by atomic mass is 19.1. The summed E-state index contributed by atoms with van der Waals surface area (Å²) in [7, 11) is 0. The molecule has 0 atom stereocenters. The van der Waals surface area contributed by atoms with E-state index in [0.29, 0.717) is 37.7 Å². The standard InChI is InChI=1S/C12H18FNO2/c1-2-15-11-6-3-5-10(9-14)12(11)16-8-4-7-13/h3,5-6H,2,4,7-9,14H2,1H3. The number of para-hydroxylation sites is 1. The van der Waals surface area contributed by atoms with Crippen LogP contribution in [0.1, 0.15) is 18.9 Å². The largest absolute Gasteiger partial charge is 0.490 e. The van der Waals surface area contributed by atoms with Gasteiger partial charge in [0.1, 0.15) is 0 Å². The van der Waals surface area contributed by atoms with Gasteiger partial charge in [0.05, 0.1) is 19.9 Å². The molecular formula is C12H18FNO2. The fraction of sp³-hybridized carbons (Fsp3) is 0.500. The molecule has 0 spiro atoms. The Balaban J connectivity index is 2.81. The molecular weight excluding hydrogens is 209 g/mol. The minimum atomic E-state index is -0.380. The van der Waals surface area contributed by atoms with Crippen molar-refractivity contribution in [3.8, 4) is 11.5 Å². The fourth-order valence-corrected chi connectivity index (χ4v) is 1.38. The zero-order chi connectivity index (χ0) is 11.8. The maximum atomic E-state index is 12.0. The number of hydrogen-bond donors (Lipinski definition) is 1. The van der Waals surface area contributed by atoms with Crippen molar-refractivity contribution in [2.45, 2.75) is 19.9 Å². The molecule has 0 saturated heterocycles. The Labute approximate surface area is 95.4 Å². The molecule has 0 amide bonds. The molecule has 1 aromatic rings. The summed E-state index contributed by atoms with van der Waals surface area (Å²) >= 11 is 0. The van der Waals surface area contributed by atoms with E-state index in [0.717, 1.165) is 5.56 Å². The lowest BCUT2D eigenvalue weighted by molar-refractivity contribution is 0.260. The molecule has 2 N–H and O–H groups in total. The third-order valence-corrected chi connectivity index (χ3v) is 2.10.